The number of carbonyl (C=O) groups is 1. The van der Waals surface area contributed by atoms with Crippen LogP contribution in [-0.2, 0) is 11.4 Å². The Balaban J connectivity index is 0.000000479. The van der Waals surface area contributed by atoms with Gasteiger partial charge in [0.05, 0.1) is 19.2 Å². The van der Waals surface area contributed by atoms with Crippen LogP contribution in [0.25, 0.3) is 11.1 Å². The van der Waals surface area contributed by atoms with Crippen molar-refractivity contribution in [2.24, 2.45) is 0 Å². The zero-order valence-corrected chi connectivity index (χ0v) is 19.1. The first-order valence-electron chi connectivity index (χ1n) is 10.2. The smallest absolute Gasteiger partial charge is 0.490 e. The number of benzene rings is 2. The lowest BCUT2D eigenvalue weighted by Gasteiger charge is -2.13. The molecule has 4 rings (SSSR count). The minimum absolute atomic E-state index is 0.102. The van der Waals surface area contributed by atoms with Gasteiger partial charge in [-0.2, -0.15) is 18.2 Å². The molecular formula is C22H19F4N5O6. The second-order valence-corrected chi connectivity index (χ2v) is 7.31. The molecular weight excluding hydrogens is 506 g/mol. The first-order valence-corrected chi connectivity index (χ1v) is 10.2. The van der Waals surface area contributed by atoms with Crippen molar-refractivity contribution < 1.29 is 41.7 Å². The Bertz CT molecular complexity index is 1480. The Kier molecular flexibility index (Phi) is 7.97. The first kappa shape index (κ1) is 26.9. The molecule has 2 aromatic heterocycles. The number of aliphatic hydroxyl groups is 1. The summed E-state index contributed by atoms with van der Waals surface area (Å²) in [4.78, 5) is 31.4. The van der Waals surface area contributed by atoms with Crippen molar-refractivity contribution in [3.05, 3.63) is 64.0 Å². The molecule has 0 bridgehead atoms. The molecule has 11 nitrogen and oxygen atoms in total. The molecule has 37 heavy (non-hydrogen) atoms. The number of halogens is 4. The van der Waals surface area contributed by atoms with E-state index in [0.717, 1.165) is 0 Å². The average molecular weight is 525 g/mol. The van der Waals surface area contributed by atoms with Crippen molar-refractivity contribution in [2.75, 3.05) is 17.7 Å². The summed E-state index contributed by atoms with van der Waals surface area (Å²) in [5, 5.41) is 22.8. The topological polar surface area (TPSA) is 163 Å². The van der Waals surface area contributed by atoms with Gasteiger partial charge in [0.1, 0.15) is 5.82 Å². The third kappa shape index (κ3) is 6.72. The number of nitrogens with one attached hydrogen (secondary N) is 3. The maximum atomic E-state index is 14.0. The molecule has 4 aromatic rings. The van der Waals surface area contributed by atoms with Crippen LogP contribution in [0.3, 0.4) is 0 Å². The Morgan fingerprint density at radius 3 is 2.51 bits per heavy atom. The van der Waals surface area contributed by atoms with Crippen LogP contribution in [0, 0.1) is 12.7 Å². The fourth-order valence-corrected chi connectivity index (χ4v) is 2.94. The Morgan fingerprint density at radius 1 is 1.19 bits per heavy atom. The number of anilines is 4. The molecule has 196 valence electrons. The standard InChI is InChI=1S/C20H18FN5O4.C2HF3O2/c1-10-5-13(7-16(29-2)17(10)21)24-19-22-8-11(9-27)18(26-19)23-12-3-4-15-14(6-12)25-20(28)30-15;3-2(4,5)1(6)7/h3-8,27H,9H2,1-2H3,(H,25,28)(H2,22,23,24,26);(H,6,7). The third-order valence-electron chi connectivity index (χ3n) is 4.66. The summed E-state index contributed by atoms with van der Waals surface area (Å²) in [5.74, 6) is -3.03. The van der Waals surface area contributed by atoms with Gasteiger partial charge in [-0.1, -0.05) is 0 Å². The van der Waals surface area contributed by atoms with Crippen LogP contribution >= 0.6 is 0 Å². The Hall–Kier alpha value is -4.66. The van der Waals surface area contributed by atoms with Gasteiger partial charge in [-0.15, -0.1) is 0 Å². The molecule has 0 spiro atoms. The van der Waals surface area contributed by atoms with Gasteiger partial charge in [0.15, 0.2) is 17.1 Å². The molecule has 0 unspecified atom stereocenters. The van der Waals surface area contributed by atoms with E-state index in [1.165, 1.54) is 19.4 Å². The largest absolute Gasteiger partial charge is 0.494 e. The molecule has 0 saturated carbocycles. The van der Waals surface area contributed by atoms with E-state index in [1.54, 1.807) is 31.2 Å². The highest BCUT2D eigenvalue weighted by Crippen LogP contribution is 2.28. The van der Waals surface area contributed by atoms with Crippen molar-refractivity contribution in [1.29, 1.82) is 0 Å². The Morgan fingerprint density at radius 2 is 1.89 bits per heavy atom. The summed E-state index contributed by atoms with van der Waals surface area (Å²) in [5.41, 5.74) is 3.00. The van der Waals surface area contributed by atoms with Crippen molar-refractivity contribution >= 4 is 40.2 Å². The number of H-pyrrole nitrogens is 1. The number of ether oxygens (including phenoxy) is 1. The number of alkyl halides is 3. The van der Waals surface area contributed by atoms with E-state index >= 15 is 0 Å². The number of carboxylic acid groups (broad SMARTS) is 1. The van der Waals surface area contributed by atoms with Crippen molar-refractivity contribution in [3.8, 4) is 5.75 Å². The van der Waals surface area contributed by atoms with Gasteiger partial charge in [0.25, 0.3) is 0 Å². The lowest BCUT2D eigenvalue weighted by atomic mass is 10.2. The predicted octanol–water partition coefficient (Wildman–Crippen LogP) is 3.98. The van der Waals surface area contributed by atoms with Crippen LogP contribution in [0.5, 0.6) is 5.75 Å². The number of aromatic nitrogens is 3. The van der Waals surface area contributed by atoms with Crippen molar-refractivity contribution in [1.82, 2.24) is 15.0 Å². The van der Waals surface area contributed by atoms with E-state index in [0.29, 0.717) is 39.4 Å². The maximum absolute atomic E-state index is 14.0. The predicted molar refractivity (Wildman–Crippen MR) is 123 cm³/mol. The van der Waals surface area contributed by atoms with E-state index in [9.17, 15) is 27.5 Å². The second-order valence-electron chi connectivity index (χ2n) is 7.31. The SMILES string of the molecule is COc1cc(Nc2ncc(CO)c(Nc3ccc4oc(=O)[nH]c4c3)n2)cc(C)c1F.O=C(O)C(F)(F)F. The zero-order chi connectivity index (χ0) is 27.3. The molecule has 15 heteroatoms. The number of oxazole rings is 1. The number of methoxy groups -OCH3 is 1. The molecule has 0 saturated heterocycles. The minimum Gasteiger partial charge on any atom is -0.494 e. The third-order valence-corrected chi connectivity index (χ3v) is 4.66. The number of fused-ring (bicyclic) bond motifs is 1. The van der Waals surface area contributed by atoms with E-state index in [4.69, 9.17) is 19.1 Å². The van der Waals surface area contributed by atoms with Gasteiger partial charge in [0.2, 0.25) is 5.95 Å². The highest BCUT2D eigenvalue weighted by atomic mass is 19.4. The van der Waals surface area contributed by atoms with E-state index in [1.807, 2.05) is 0 Å². The number of rotatable bonds is 6. The Labute approximate surface area is 204 Å². The first-order chi connectivity index (χ1) is 17.4. The van der Waals surface area contributed by atoms with Crippen LogP contribution < -0.4 is 21.1 Å². The highest BCUT2D eigenvalue weighted by Gasteiger charge is 2.38. The van der Waals surface area contributed by atoms with Gasteiger partial charge in [0, 0.05) is 29.2 Å². The summed E-state index contributed by atoms with van der Waals surface area (Å²) in [6.07, 6.45) is -3.61. The lowest BCUT2D eigenvalue weighted by molar-refractivity contribution is -0.192. The molecule has 2 aromatic carbocycles. The normalized spacial score (nSPS) is 11.0. The van der Waals surface area contributed by atoms with E-state index < -0.39 is 23.7 Å². The van der Waals surface area contributed by atoms with Crippen molar-refractivity contribution in [3.63, 3.8) is 0 Å². The molecule has 0 atom stereocenters. The van der Waals surface area contributed by atoms with Crippen LogP contribution in [0.1, 0.15) is 11.1 Å². The summed E-state index contributed by atoms with van der Waals surface area (Å²) in [7, 11) is 1.39. The van der Waals surface area contributed by atoms with Gasteiger partial charge in [-0.05, 0) is 36.8 Å². The summed E-state index contributed by atoms with van der Waals surface area (Å²) in [6.45, 7) is 1.35. The number of aliphatic carboxylic acids is 1. The fraction of sp³-hybridized carbons (Fsp3) is 0.182. The number of hydrogen-bond acceptors (Lipinski definition) is 9. The number of nitrogens with zero attached hydrogens (tertiary/aromatic N) is 2. The van der Waals surface area contributed by atoms with Gasteiger partial charge >= 0.3 is 17.9 Å². The number of hydrogen-bond donors (Lipinski definition) is 5. The van der Waals surface area contributed by atoms with Crippen LogP contribution in [0.2, 0.25) is 0 Å². The molecule has 0 aliphatic heterocycles. The molecule has 0 aliphatic carbocycles. The monoisotopic (exact) mass is 525 g/mol. The van der Waals surface area contributed by atoms with Crippen LogP contribution in [-0.4, -0.2) is 44.4 Å². The summed E-state index contributed by atoms with van der Waals surface area (Å²) >= 11 is 0. The van der Waals surface area contributed by atoms with Gasteiger partial charge in [-0.25, -0.2) is 19.0 Å². The van der Waals surface area contributed by atoms with Crippen LogP contribution in [0.4, 0.5) is 40.7 Å². The minimum atomic E-state index is -5.08. The summed E-state index contributed by atoms with van der Waals surface area (Å²) < 4.78 is 55.8. The van der Waals surface area contributed by atoms with Gasteiger partial charge < -0.3 is 30.0 Å². The second kappa shape index (κ2) is 10.9. The van der Waals surface area contributed by atoms with Crippen LogP contribution in [0.15, 0.2) is 45.7 Å². The van der Waals surface area contributed by atoms with E-state index in [2.05, 4.69) is 25.6 Å². The molecule has 0 aliphatic rings. The fourth-order valence-electron chi connectivity index (χ4n) is 2.94. The summed E-state index contributed by atoms with van der Waals surface area (Å²) in [6, 6.07) is 8.15. The molecule has 0 radical (unpaired) electrons. The van der Waals surface area contributed by atoms with Gasteiger partial charge in [-0.3, -0.25) is 4.98 Å². The maximum Gasteiger partial charge on any atom is 0.490 e. The van der Waals surface area contributed by atoms with Crippen molar-refractivity contribution in [2.45, 2.75) is 19.7 Å². The number of aryl methyl sites for hydroxylation is 1. The zero-order valence-electron chi connectivity index (χ0n) is 19.1. The lowest BCUT2D eigenvalue weighted by Crippen LogP contribution is -2.21. The average Bonchev–Trinajstić information content (AvgIpc) is 3.20. The number of carboxylic acids is 1. The molecule has 0 amide bonds. The molecule has 0 fully saturated rings. The number of aliphatic hydroxyl groups excluding tert-OH is 1. The number of aromatic amines is 1. The van der Waals surface area contributed by atoms with E-state index in [-0.39, 0.29) is 18.3 Å². The molecule has 2 heterocycles. The molecule has 5 N–H and O–H groups in total. The quantitative estimate of drug-likeness (QED) is 0.233. The highest BCUT2D eigenvalue weighted by molar-refractivity contribution is 5.78.